The Hall–Kier alpha value is -2.16. The molecule has 2 aliphatic heterocycles. The molecule has 0 saturated carbocycles. The highest BCUT2D eigenvalue weighted by molar-refractivity contribution is 8.01. The molecule has 0 spiro atoms. The molecule has 3 rings (SSSR count). The van der Waals surface area contributed by atoms with Crippen LogP contribution in [0.2, 0.25) is 0 Å². The second-order valence-electron chi connectivity index (χ2n) is 6.46. The van der Waals surface area contributed by atoms with Crippen LogP contribution in [0.3, 0.4) is 0 Å². The Morgan fingerprint density at radius 2 is 2.15 bits per heavy atom. The number of ether oxygens (including phenoxy) is 1. The number of esters is 1. The van der Waals surface area contributed by atoms with Crippen LogP contribution in [0, 0.1) is 11.6 Å². The zero-order chi connectivity index (χ0) is 19.1. The lowest BCUT2D eigenvalue weighted by Crippen LogP contribution is -2.48. The van der Waals surface area contributed by atoms with E-state index in [1.54, 1.807) is 0 Å². The van der Waals surface area contributed by atoms with Crippen molar-refractivity contribution in [3.05, 3.63) is 29.8 Å². The number of rotatable bonds is 4. The average molecular weight is 384 g/mol. The molecular formula is C17H18F2N2O4S. The second kappa shape index (κ2) is 6.86. The van der Waals surface area contributed by atoms with Crippen molar-refractivity contribution in [2.24, 2.45) is 0 Å². The number of amides is 2. The molecule has 1 N–H and O–H groups in total. The minimum Gasteiger partial charge on any atom is -0.451 e. The van der Waals surface area contributed by atoms with Crippen molar-refractivity contribution >= 4 is 35.2 Å². The summed E-state index contributed by atoms with van der Waals surface area (Å²) >= 11 is 1.52. The molecule has 9 heteroatoms. The lowest BCUT2D eigenvalue weighted by Gasteiger charge is -2.29. The van der Waals surface area contributed by atoms with Crippen LogP contribution in [0.25, 0.3) is 0 Å². The quantitative estimate of drug-likeness (QED) is 0.806. The fourth-order valence-electron chi connectivity index (χ4n) is 3.13. The number of hydrogen-bond acceptors (Lipinski definition) is 5. The minimum atomic E-state index is -1.19. The normalized spacial score (nSPS) is 25.8. The Bertz CT molecular complexity index is 775. The molecule has 0 bridgehead atoms. The Kier molecular flexibility index (Phi) is 4.92. The summed E-state index contributed by atoms with van der Waals surface area (Å²) in [5.41, 5.74) is -0.210. The highest BCUT2D eigenvalue weighted by Crippen LogP contribution is 2.47. The van der Waals surface area contributed by atoms with Gasteiger partial charge in [0.2, 0.25) is 5.91 Å². The number of hydrogen-bond donors (Lipinski definition) is 1. The van der Waals surface area contributed by atoms with E-state index in [1.165, 1.54) is 23.6 Å². The summed E-state index contributed by atoms with van der Waals surface area (Å²) in [4.78, 5) is 37.7. The standard InChI is InChI=1S/C17H18F2N2O4S/c1-9(15(23)20-12-4-3-10(18)7-11(12)19)25-16(24)13-8-26-17(2)6-5-14(22)21(13)17/h3-4,7,9,13H,5-6,8H2,1-2H3,(H,20,23)/t9-,13+,17+/m1/s1. The second-order valence-corrected chi connectivity index (χ2v) is 7.96. The van der Waals surface area contributed by atoms with Crippen molar-refractivity contribution in [1.29, 1.82) is 0 Å². The first-order valence-corrected chi connectivity index (χ1v) is 9.12. The topological polar surface area (TPSA) is 75.7 Å². The molecule has 2 amide bonds. The number of halogens is 2. The fraction of sp³-hybridized carbons (Fsp3) is 0.471. The van der Waals surface area contributed by atoms with Crippen molar-refractivity contribution in [2.75, 3.05) is 11.1 Å². The highest BCUT2D eigenvalue weighted by Gasteiger charge is 2.53. The number of benzene rings is 1. The van der Waals surface area contributed by atoms with E-state index in [0.29, 0.717) is 24.7 Å². The van der Waals surface area contributed by atoms with Crippen LogP contribution >= 0.6 is 11.8 Å². The van der Waals surface area contributed by atoms with Gasteiger partial charge in [-0.1, -0.05) is 0 Å². The third kappa shape index (κ3) is 3.40. The van der Waals surface area contributed by atoms with E-state index in [2.05, 4.69) is 5.32 Å². The van der Waals surface area contributed by atoms with Gasteiger partial charge in [0.05, 0.1) is 10.6 Å². The molecule has 2 aliphatic rings. The first kappa shape index (κ1) is 18.6. The zero-order valence-electron chi connectivity index (χ0n) is 14.3. The highest BCUT2D eigenvalue weighted by atomic mass is 32.2. The lowest BCUT2D eigenvalue weighted by molar-refractivity contribution is -0.160. The molecule has 0 radical (unpaired) electrons. The summed E-state index contributed by atoms with van der Waals surface area (Å²) in [7, 11) is 0. The number of fused-ring (bicyclic) bond motifs is 1. The van der Waals surface area contributed by atoms with E-state index in [9.17, 15) is 23.2 Å². The van der Waals surface area contributed by atoms with Crippen molar-refractivity contribution in [1.82, 2.24) is 4.90 Å². The predicted octanol–water partition coefficient (Wildman–Crippen LogP) is 2.29. The average Bonchev–Trinajstić information content (AvgIpc) is 3.06. The van der Waals surface area contributed by atoms with Crippen molar-refractivity contribution < 1.29 is 27.9 Å². The molecule has 26 heavy (non-hydrogen) atoms. The molecule has 140 valence electrons. The molecular weight excluding hydrogens is 366 g/mol. The third-order valence-corrected chi connectivity index (χ3v) is 6.07. The molecule has 1 aromatic rings. The van der Waals surface area contributed by atoms with Crippen LogP contribution in [-0.4, -0.2) is 45.5 Å². The molecule has 6 nitrogen and oxygen atoms in total. The SMILES string of the molecule is C[C@@H](OC(=O)[C@@H]1CS[C@@]2(C)CCC(=O)N12)C(=O)Nc1ccc(F)cc1F. The summed E-state index contributed by atoms with van der Waals surface area (Å²) in [5.74, 6) is -2.81. The van der Waals surface area contributed by atoms with Gasteiger partial charge in [-0.3, -0.25) is 9.59 Å². The van der Waals surface area contributed by atoms with Crippen LogP contribution in [0.4, 0.5) is 14.5 Å². The molecule has 0 unspecified atom stereocenters. The van der Waals surface area contributed by atoms with E-state index < -0.39 is 40.5 Å². The summed E-state index contributed by atoms with van der Waals surface area (Å²) in [6.45, 7) is 3.26. The maximum absolute atomic E-state index is 13.6. The molecule has 3 atom stereocenters. The van der Waals surface area contributed by atoms with Gasteiger partial charge in [-0.25, -0.2) is 13.6 Å². The van der Waals surface area contributed by atoms with Crippen LogP contribution in [0.5, 0.6) is 0 Å². The van der Waals surface area contributed by atoms with Gasteiger partial charge in [0.15, 0.2) is 6.10 Å². The number of carbonyl (C=O) groups excluding carboxylic acids is 3. The first-order valence-electron chi connectivity index (χ1n) is 8.14. The summed E-state index contributed by atoms with van der Waals surface area (Å²) in [6, 6.07) is 1.99. The van der Waals surface area contributed by atoms with Crippen molar-refractivity contribution in [3.63, 3.8) is 0 Å². The van der Waals surface area contributed by atoms with Gasteiger partial charge in [-0.05, 0) is 32.4 Å². The summed E-state index contributed by atoms with van der Waals surface area (Å²) < 4.78 is 31.7. The number of nitrogens with one attached hydrogen (secondary N) is 1. The summed E-state index contributed by atoms with van der Waals surface area (Å²) in [5, 5.41) is 2.25. The van der Waals surface area contributed by atoms with E-state index in [1.807, 2.05) is 6.92 Å². The molecule has 1 aromatic carbocycles. The largest absolute Gasteiger partial charge is 0.451 e. The Morgan fingerprint density at radius 3 is 2.85 bits per heavy atom. The van der Waals surface area contributed by atoms with Gasteiger partial charge in [0, 0.05) is 18.2 Å². The summed E-state index contributed by atoms with van der Waals surface area (Å²) in [6.07, 6.45) is -0.144. The molecule has 0 aromatic heterocycles. The van der Waals surface area contributed by atoms with Crippen molar-refractivity contribution in [2.45, 2.75) is 43.7 Å². The maximum atomic E-state index is 13.6. The van der Waals surface area contributed by atoms with E-state index >= 15 is 0 Å². The van der Waals surface area contributed by atoms with Gasteiger partial charge >= 0.3 is 5.97 Å². The Balaban J connectivity index is 1.62. The number of thioether (sulfide) groups is 1. The van der Waals surface area contributed by atoms with Gasteiger partial charge < -0.3 is 15.0 Å². The van der Waals surface area contributed by atoms with Crippen LogP contribution in [0.15, 0.2) is 18.2 Å². The maximum Gasteiger partial charge on any atom is 0.330 e. The smallest absolute Gasteiger partial charge is 0.330 e. The van der Waals surface area contributed by atoms with Crippen LogP contribution < -0.4 is 5.32 Å². The van der Waals surface area contributed by atoms with Gasteiger partial charge in [-0.2, -0.15) is 0 Å². The van der Waals surface area contributed by atoms with Crippen LogP contribution in [-0.2, 0) is 19.1 Å². The zero-order valence-corrected chi connectivity index (χ0v) is 15.1. The first-order chi connectivity index (χ1) is 12.2. The monoisotopic (exact) mass is 384 g/mol. The third-order valence-electron chi connectivity index (χ3n) is 4.57. The Labute approximate surface area is 153 Å². The predicted molar refractivity (Wildman–Crippen MR) is 91.3 cm³/mol. The molecule has 2 saturated heterocycles. The van der Waals surface area contributed by atoms with E-state index in [4.69, 9.17) is 4.74 Å². The van der Waals surface area contributed by atoms with Crippen LogP contribution in [0.1, 0.15) is 26.7 Å². The Morgan fingerprint density at radius 1 is 1.42 bits per heavy atom. The van der Waals surface area contributed by atoms with Gasteiger partial charge in [0.1, 0.15) is 17.7 Å². The fourth-order valence-corrected chi connectivity index (χ4v) is 4.54. The number of anilines is 1. The van der Waals surface area contributed by atoms with E-state index in [0.717, 1.165) is 12.1 Å². The van der Waals surface area contributed by atoms with Gasteiger partial charge in [0.25, 0.3) is 5.91 Å². The minimum absolute atomic E-state index is 0.107. The molecule has 2 fully saturated rings. The molecule has 2 heterocycles. The lowest BCUT2D eigenvalue weighted by atomic mass is 10.2. The number of carbonyl (C=O) groups is 3. The van der Waals surface area contributed by atoms with E-state index in [-0.39, 0.29) is 11.6 Å². The van der Waals surface area contributed by atoms with Crippen molar-refractivity contribution in [3.8, 4) is 0 Å². The molecule has 0 aliphatic carbocycles. The number of nitrogens with zero attached hydrogens (tertiary/aromatic N) is 1. The van der Waals surface area contributed by atoms with Gasteiger partial charge in [-0.15, -0.1) is 11.8 Å².